The molecule has 0 fully saturated rings. The average Bonchev–Trinajstić information content (AvgIpc) is 1.94. The van der Waals surface area contributed by atoms with Crippen LogP contribution in [-0.2, 0) is 6.50 Å². The van der Waals surface area contributed by atoms with Crippen molar-refractivity contribution in [1.82, 2.24) is 0 Å². The molecule has 2 N–H and O–H groups in total. The Kier molecular flexibility index (Phi) is 1.49. The van der Waals surface area contributed by atoms with Crippen molar-refractivity contribution >= 4 is 0 Å². The van der Waals surface area contributed by atoms with Crippen molar-refractivity contribution in [1.29, 1.82) is 0 Å². The van der Waals surface area contributed by atoms with E-state index in [9.17, 15) is 13.2 Å². The fourth-order valence-electron chi connectivity index (χ4n) is 0.661. The SMILES string of the molecule is [2H]C([2H])(N)c1cc(F)cc(F)c1F. The fraction of sp³-hybridized carbons (Fsp3) is 0.143. The molecular weight excluding hydrogens is 155 g/mol. The first-order valence-corrected chi connectivity index (χ1v) is 2.76. The Bertz CT molecular complexity index is 335. The summed E-state index contributed by atoms with van der Waals surface area (Å²) in [6.45, 7) is -2.59. The summed E-state index contributed by atoms with van der Waals surface area (Å²) in [5, 5.41) is 0. The highest BCUT2D eigenvalue weighted by Crippen LogP contribution is 2.12. The van der Waals surface area contributed by atoms with Crippen molar-refractivity contribution in [3.63, 3.8) is 0 Å². The first kappa shape index (κ1) is 5.60. The molecule has 0 atom stereocenters. The van der Waals surface area contributed by atoms with Gasteiger partial charge in [0.1, 0.15) is 5.82 Å². The fourth-order valence-corrected chi connectivity index (χ4v) is 0.661. The molecule has 11 heavy (non-hydrogen) atoms. The third-order valence-electron chi connectivity index (χ3n) is 1.15. The predicted octanol–water partition coefficient (Wildman–Crippen LogP) is 1.56. The topological polar surface area (TPSA) is 26.0 Å². The zero-order chi connectivity index (χ0) is 10.2. The van der Waals surface area contributed by atoms with Gasteiger partial charge in [-0.25, -0.2) is 13.2 Å². The second-order valence-corrected chi connectivity index (χ2v) is 1.89. The van der Waals surface area contributed by atoms with Gasteiger partial charge in [-0.2, -0.15) is 0 Å². The average molecular weight is 163 g/mol. The van der Waals surface area contributed by atoms with Crippen LogP contribution in [0.1, 0.15) is 8.30 Å². The lowest BCUT2D eigenvalue weighted by Gasteiger charge is -1.99. The molecule has 0 aliphatic rings. The molecule has 1 aromatic rings. The van der Waals surface area contributed by atoms with Gasteiger partial charge >= 0.3 is 0 Å². The second-order valence-electron chi connectivity index (χ2n) is 1.89. The summed E-state index contributed by atoms with van der Waals surface area (Å²) in [6, 6.07) is 0.850. The summed E-state index contributed by atoms with van der Waals surface area (Å²) in [5.41, 5.74) is 4.03. The molecule has 1 nitrogen and oxygen atoms in total. The molecule has 0 saturated heterocycles. The number of hydrogen-bond donors (Lipinski definition) is 1. The van der Waals surface area contributed by atoms with Crippen LogP contribution in [-0.4, -0.2) is 0 Å². The van der Waals surface area contributed by atoms with Crippen molar-refractivity contribution in [3.05, 3.63) is 35.1 Å². The third-order valence-corrected chi connectivity index (χ3v) is 1.15. The lowest BCUT2D eigenvalue weighted by atomic mass is 10.2. The maximum absolute atomic E-state index is 12.8. The first-order valence-electron chi connectivity index (χ1n) is 3.76. The molecule has 0 aromatic heterocycles. The molecule has 0 unspecified atom stereocenters. The van der Waals surface area contributed by atoms with Crippen LogP contribution < -0.4 is 5.73 Å². The second kappa shape index (κ2) is 2.92. The predicted molar refractivity (Wildman–Crippen MR) is 34.2 cm³/mol. The number of nitrogens with two attached hydrogens (primary N) is 1. The standard InChI is InChI=1S/C7H6F3N/c8-5-1-4(3-11)7(10)6(9)2-5/h1-2H,3,11H2/i3D2. The molecule has 0 saturated carbocycles. The van der Waals surface area contributed by atoms with Crippen LogP contribution >= 0.6 is 0 Å². The van der Waals surface area contributed by atoms with Gasteiger partial charge < -0.3 is 5.73 Å². The Labute approximate surface area is 64.4 Å². The van der Waals surface area contributed by atoms with E-state index >= 15 is 0 Å². The van der Waals surface area contributed by atoms with Gasteiger partial charge in [0.2, 0.25) is 0 Å². The molecule has 0 heterocycles. The highest BCUT2D eigenvalue weighted by atomic mass is 19.2. The zero-order valence-corrected chi connectivity index (χ0v) is 5.37. The molecule has 0 spiro atoms. The van der Waals surface area contributed by atoms with Gasteiger partial charge in [-0.15, -0.1) is 0 Å². The third kappa shape index (κ3) is 1.51. The summed E-state index contributed by atoms with van der Waals surface area (Å²) < 4.78 is 51.6. The summed E-state index contributed by atoms with van der Waals surface area (Å²) in [4.78, 5) is 0. The molecule has 0 aliphatic heterocycles. The number of halogens is 3. The molecule has 0 radical (unpaired) electrons. The van der Waals surface area contributed by atoms with Gasteiger partial charge in [0.15, 0.2) is 11.6 Å². The zero-order valence-electron chi connectivity index (χ0n) is 7.37. The van der Waals surface area contributed by atoms with Crippen LogP contribution in [0.5, 0.6) is 0 Å². The van der Waals surface area contributed by atoms with Crippen LogP contribution in [0.25, 0.3) is 0 Å². The van der Waals surface area contributed by atoms with Gasteiger partial charge in [0.05, 0.1) is 0 Å². The molecule has 0 aliphatic carbocycles. The molecule has 4 heteroatoms. The molecule has 0 amide bonds. The first-order chi connectivity index (χ1) is 5.82. The van der Waals surface area contributed by atoms with Crippen LogP contribution in [0, 0.1) is 17.5 Å². The van der Waals surface area contributed by atoms with E-state index in [0.717, 1.165) is 0 Å². The van der Waals surface area contributed by atoms with E-state index in [4.69, 9.17) is 8.48 Å². The molecule has 60 valence electrons. The van der Waals surface area contributed by atoms with Gasteiger partial charge in [0, 0.05) is 20.9 Å². The molecular formula is C7H6F3N. The van der Waals surface area contributed by atoms with E-state index in [1.165, 1.54) is 0 Å². The summed E-state index contributed by atoms with van der Waals surface area (Å²) in [5.74, 6) is -3.98. The maximum Gasteiger partial charge on any atom is 0.163 e. The van der Waals surface area contributed by atoms with E-state index in [0.29, 0.717) is 12.1 Å². The van der Waals surface area contributed by atoms with Crippen molar-refractivity contribution in [2.24, 2.45) is 5.73 Å². The van der Waals surface area contributed by atoms with E-state index in [2.05, 4.69) is 0 Å². The van der Waals surface area contributed by atoms with Crippen LogP contribution in [0.4, 0.5) is 13.2 Å². The molecule has 0 bridgehead atoms. The largest absolute Gasteiger partial charge is 0.326 e. The molecule has 1 rings (SSSR count). The highest BCUT2D eigenvalue weighted by molar-refractivity contribution is 5.19. The lowest BCUT2D eigenvalue weighted by molar-refractivity contribution is 0.485. The Hall–Kier alpha value is -1.03. The van der Waals surface area contributed by atoms with Crippen molar-refractivity contribution < 1.29 is 15.9 Å². The normalized spacial score (nSPS) is 14.2. The summed E-state index contributed by atoms with van der Waals surface area (Å²) in [7, 11) is 0. The quantitative estimate of drug-likeness (QED) is 0.624. The van der Waals surface area contributed by atoms with Crippen molar-refractivity contribution in [2.75, 3.05) is 0 Å². The minimum atomic E-state index is -2.59. The minimum absolute atomic E-state index is 0.324. The number of hydrogen-bond acceptors (Lipinski definition) is 1. The van der Waals surface area contributed by atoms with Crippen molar-refractivity contribution in [3.8, 4) is 0 Å². The van der Waals surface area contributed by atoms with Crippen LogP contribution in [0.2, 0.25) is 0 Å². The Morgan fingerprint density at radius 3 is 2.55 bits per heavy atom. The smallest absolute Gasteiger partial charge is 0.163 e. The molecule has 1 aromatic carbocycles. The van der Waals surface area contributed by atoms with E-state index in [1.807, 2.05) is 0 Å². The highest BCUT2D eigenvalue weighted by Gasteiger charge is 2.08. The number of benzene rings is 1. The summed E-state index contributed by atoms with van der Waals surface area (Å²) >= 11 is 0. The Morgan fingerprint density at radius 1 is 1.36 bits per heavy atom. The van der Waals surface area contributed by atoms with Gasteiger partial charge in [-0.05, 0) is 6.07 Å². The lowest BCUT2D eigenvalue weighted by Crippen LogP contribution is -2.02. The van der Waals surface area contributed by atoms with Gasteiger partial charge in [0.25, 0.3) is 0 Å². The van der Waals surface area contributed by atoms with Gasteiger partial charge in [-0.3, -0.25) is 0 Å². The van der Waals surface area contributed by atoms with Crippen LogP contribution in [0.15, 0.2) is 12.1 Å². The van der Waals surface area contributed by atoms with Crippen LogP contribution in [0.3, 0.4) is 0 Å². The monoisotopic (exact) mass is 163 g/mol. The minimum Gasteiger partial charge on any atom is -0.326 e. The van der Waals surface area contributed by atoms with E-state index < -0.39 is 29.5 Å². The van der Waals surface area contributed by atoms with Crippen molar-refractivity contribution in [2.45, 2.75) is 6.50 Å². The summed E-state index contributed by atoms with van der Waals surface area (Å²) in [6.07, 6.45) is 0. The van der Waals surface area contributed by atoms with E-state index in [1.54, 1.807) is 0 Å². The van der Waals surface area contributed by atoms with Gasteiger partial charge in [-0.1, -0.05) is 0 Å². The van der Waals surface area contributed by atoms with E-state index in [-0.39, 0.29) is 0 Å². The Balaban J connectivity index is 3.37. The number of rotatable bonds is 1. The maximum atomic E-state index is 12.8. The Morgan fingerprint density at radius 2 is 2.00 bits per heavy atom.